The van der Waals surface area contributed by atoms with Crippen molar-refractivity contribution >= 4 is 34.2 Å². The number of carboxylic acid groups (broad SMARTS) is 1. The van der Waals surface area contributed by atoms with Crippen molar-refractivity contribution < 1.29 is 30.3 Å². The van der Waals surface area contributed by atoms with Gasteiger partial charge in [0.2, 0.25) is 0 Å². The molecule has 0 bridgehead atoms. The molecule has 8 nitrogen and oxygen atoms in total. The SMILES string of the molecule is COc1ccc(C(Sc2c(N)ccc3ccccc23)C(O)C(=O)O)cc1.O.Oc1ccc(CC2NCCC3=C2CCCC3)cc1. The summed E-state index contributed by atoms with van der Waals surface area (Å²) in [5, 5.41) is 33.9. The number of phenols is 1. The molecule has 0 radical (unpaired) electrons. The molecule has 0 aromatic heterocycles. The predicted molar refractivity (Wildman–Crippen MR) is 181 cm³/mol. The van der Waals surface area contributed by atoms with Crippen LogP contribution in [0.4, 0.5) is 5.69 Å². The van der Waals surface area contributed by atoms with E-state index in [1.165, 1.54) is 49.4 Å². The molecule has 0 fully saturated rings. The van der Waals surface area contributed by atoms with Crippen molar-refractivity contribution in [3.63, 3.8) is 0 Å². The van der Waals surface area contributed by atoms with E-state index in [-0.39, 0.29) is 5.48 Å². The van der Waals surface area contributed by atoms with Gasteiger partial charge in [-0.25, -0.2) is 4.79 Å². The number of thioether (sulfide) groups is 1. The van der Waals surface area contributed by atoms with Crippen molar-refractivity contribution in [3.05, 3.63) is 107 Å². The molecule has 0 saturated heterocycles. The Labute approximate surface area is 268 Å². The number of aliphatic hydroxyl groups is 1. The number of aliphatic carboxylic acids is 1. The molecule has 0 spiro atoms. The number of ether oxygens (including phenoxy) is 1. The van der Waals surface area contributed by atoms with Crippen LogP contribution in [0.25, 0.3) is 10.8 Å². The van der Waals surface area contributed by atoms with Gasteiger partial charge in [0, 0.05) is 16.6 Å². The van der Waals surface area contributed by atoms with Crippen LogP contribution in [-0.2, 0) is 11.2 Å². The summed E-state index contributed by atoms with van der Waals surface area (Å²) in [5.74, 6) is -0.267. The molecule has 3 atom stereocenters. The number of hydrogen-bond acceptors (Lipinski definition) is 7. The summed E-state index contributed by atoms with van der Waals surface area (Å²) in [6.07, 6.45) is 6.07. The molecule has 4 aromatic rings. The molecule has 0 amide bonds. The van der Waals surface area contributed by atoms with Crippen molar-refractivity contribution in [1.82, 2.24) is 5.32 Å². The van der Waals surface area contributed by atoms with Crippen molar-refractivity contribution in [3.8, 4) is 11.5 Å². The van der Waals surface area contributed by atoms with Gasteiger partial charge in [-0.1, -0.05) is 65.7 Å². The van der Waals surface area contributed by atoms with Gasteiger partial charge in [-0.3, -0.25) is 0 Å². The minimum Gasteiger partial charge on any atom is -0.508 e. The van der Waals surface area contributed by atoms with E-state index < -0.39 is 17.3 Å². The molecule has 238 valence electrons. The first kappa shape index (κ1) is 33.9. The number of nitrogens with two attached hydrogens (primary N) is 1. The highest BCUT2D eigenvalue weighted by Crippen LogP contribution is 2.44. The van der Waals surface area contributed by atoms with Gasteiger partial charge in [-0.2, -0.15) is 0 Å². The predicted octanol–water partition coefficient (Wildman–Crippen LogP) is 6.05. The van der Waals surface area contributed by atoms with Gasteiger partial charge >= 0.3 is 5.97 Å². The van der Waals surface area contributed by atoms with E-state index in [1.807, 2.05) is 42.5 Å². The van der Waals surface area contributed by atoms with Gasteiger partial charge in [0.05, 0.1) is 12.4 Å². The third-order valence-electron chi connectivity index (χ3n) is 8.38. The van der Waals surface area contributed by atoms with Crippen molar-refractivity contribution in [1.29, 1.82) is 0 Å². The van der Waals surface area contributed by atoms with Crippen molar-refractivity contribution in [2.24, 2.45) is 0 Å². The summed E-state index contributed by atoms with van der Waals surface area (Å²) < 4.78 is 5.15. The molecule has 1 heterocycles. The van der Waals surface area contributed by atoms with E-state index in [0.29, 0.717) is 28.8 Å². The number of fused-ring (bicyclic) bond motifs is 1. The second-order valence-electron chi connectivity index (χ2n) is 11.3. The van der Waals surface area contributed by atoms with Gasteiger partial charge in [-0.05, 0) is 97.3 Å². The Balaban J connectivity index is 0.000000213. The lowest BCUT2D eigenvalue weighted by atomic mass is 9.81. The molecule has 1 aliphatic heterocycles. The second kappa shape index (κ2) is 15.8. The number of aromatic hydroxyl groups is 1. The monoisotopic (exact) mass is 630 g/mol. The minimum absolute atomic E-state index is 0. The third kappa shape index (κ3) is 8.38. The fraction of sp³-hybridized carbons (Fsp3) is 0.306. The molecule has 0 saturated carbocycles. The normalized spacial score (nSPS) is 17.2. The highest BCUT2D eigenvalue weighted by molar-refractivity contribution is 8.00. The van der Waals surface area contributed by atoms with Crippen LogP contribution < -0.4 is 15.8 Å². The molecule has 9 heteroatoms. The fourth-order valence-corrected chi connectivity index (χ4v) is 7.35. The molecule has 4 aromatic carbocycles. The molecule has 3 unspecified atom stereocenters. The van der Waals surface area contributed by atoms with E-state index in [1.54, 1.807) is 60.7 Å². The first-order chi connectivity index (χ1) is 21.3. The smallest absolute Gasteiger partial charge is 0.334 e. The third-order valence-corrected chi connectivity index (χ3v) is 9.86. The zero-order valence-corrected chi connectivity index (χ0v) is 26.2. The number of rotatable bonds is 8. The minimum atomic E-state index is -1.58. The number of benzene rings is 4. The van der Waals surface area contributed by atoms with Gasteiger partial charge in [-0.15, -0.1) is 11.8 Å². The van der Waals surface area contributed by atoms with Crippen LogP contribution in [0.3, 0.4) is 0 Å². The van der Waals surface area contributed by atoms with Crippen LogP contribution in [0.5, 0.6) is 11.5 Å². The lowest BCUT2D eigenvalue weighted by Crippen LogP contribution is -2.39. The Kier molecular flexibility index (Phi) is 11.9. The zero-order valence-electron chi connectivity index (χ0n) is 25.4. The van der Waals surface area contributed by atoms with Gasteiger partial charge in [0.15, 0.2) is 6.10 Å². The van der Waals surface area contributed by atoms with E-state index in [2.05, 4.69) is 5.32 Å². The quantitative estimate of drug-likeness (QED) is 0.0895. The second-order valence-corrected chi connectivity index (χ2v) is 12.4. The molecule has 45 heavy (non-hydrogen) atoms. The van der Waals surface area contributed by atoms with Gasteiger partial charge < -0.3 is 36.6 Å². The summed E-state index contributed by atoms with van der Waals surface area (Å²) in [6.45, 7) is 1.13. The Hall–Kier alpha value is -4.02. The summed E-state index contributed by atoms with van der Waals surface area (Å²) in [7, 11) is 1.56. The van der Waals surface area contributed by atoms with Crippen LogP contribution in [0.1, 0.15) is 48.5 Å². The molecule has 6 rings (SSSR count). The van der Waals surface area contributed by atoms with Crippen molar-refractivity contribution in [2.75, 3.05) is 19.4 Å². The number of aliphatic hydroxyl groups excluding tert-OH is 1. The average molecular weight is 631 g/mol. The number of anilines is 1. The maximum Gasteiger partial charge on any atom is 0.334 e. The maximum atomic E-state index is 11.5. The van der Waals surface area contributed by atoms with Crippen LogP contribution in [0.15, 0.2) is 101 Å². The summed E-state index contributed by atoms with van der Waals surface area (Å²) in [6, 6.07) is 26.6. The van der Waals surface area contributed by atoms with Crippen molar-refractivity contribution in [2.45, 2.75) is 60.8 Å². The number of hydrogen-bond donors (Lipinski definition) is 5. The van der Waals surface area contributed by atoms with Crippen LogP contribution in [-0.4, -0.2) is 52.6 Å². The number of phenolic OH excluding ortho intramolecular Hbond substituents is 1. The Morgan fingerprint density at radius 1 is 0.978 bits per heavy atom. The molecular formula is C36H42N2O6S. The standard InChI is InChI=1S/C20H19NO4S.C16H21NO.H2O/c1-25-14-9-6-13(7-10-14)18(17(22)20(23)24)26-19-15-5-3-2-4-12(15)8-11-16(19)21;18-14-7-5-12(6-8-14)11-16-15-4-2-1-3-13(15)9-10-17-16;/h2-11,17-18,22H,21H2,1H3,(H,23,24);5-8,16-18H,1-4,9-11H2;1H2. The first-order valence-electron chi connectivity index (χ1n) is 15.0. The Morgan fingerprint density at radius 2 is 1.69 bits per heavy atom. The van der Waals surface area contributed by atoms with Gasteiger partial charge in [0.1, 0.15) is 11.5 Å². The van der Waals surface area contributed by atoms with Crippen LogP contribution in [0, 0.1) is 0 Å². The van der Waals surface area contributed by atoms with E-state index in [4.69, 9.17) is 10.5 Å². The number of carbonyl (C=O) groups is 1. The summed E-state index contributed by atoms with van der Waals surface area (Å²) >= 11 is 1.25. The fourth-order valence-electron chi connectivity index (χ4n) is 6.04. The Morgan fingerprint density at radius 3 is 2.40 bits per heavy atom. The summed E-state index contributed by atoms with van der Waals surface area (Å²) in [5.41, 5.74) is 12.1. The number of carboxylic acids is 1. The molecule has 8 N–H and O–H groups in total. The highest BCUT2D eigenvalue weighted by atomic mass is 32.2. The number of methoxy groups -OCH3 is 1. The largest absolute Gasteiger partial charge is 0.508 e. The lowest BCUT2D eigenvalue weighted by Gasteiger charge is -2.33. The highest BCUT2D eigenvalue weighted by Gasteiger charge is 2.30. The zero-order chi connectivity index (χ0) is 31.1. The van der Waals surface area contributed by atoms with Crippen LogP contribution >= 0.6 is 11.8 Å². The maximum absolute atomic E-state index is 11.5. The average Bonchev–Trinajstić information content (AvgIpc) is 3.06. The lowest BCUT2D eigenvalue weighted by molar-refractivity contribution is -0.146. The van der Waals surface area contributed by atoms with E-state index in [9.17, 15) is 20.1 Å². The van der Waals surface area contributed by atoms with E-state index in [0.717, 1.165) is 28.6 Å². The molecule has 1 aliphatic carbocycles. The van der Waals surface area contributed by atoms with Gasteiger partial charge in [0.25, 0.3) is 0 Å². The summed E-state index contributed by atoms with van der Waals surface area (Å²) in [4.78, 5) is 12.2. The first-order valence-corrected chi connectivity index (χ1v) is 15.9. The topological polar surface area (TPSA) is 157 Å². The molecular weight excluding hydrogens is 588 g/mol. The molecule has 2 aliphatic rings. The van der Waals surface area contributed by atoms with Crippen LogP contribution in [0.2, 0.25) is 0 Å². The van der Waals surface area contributed by atoms with E-state index >= 15 is 0 Å². The number of nitrogens with one attached hydrogen (secondary N) is 1. The number of nitrogen functional groups attached to an aromatic ring is 1. The Bertz CT molecular complexity index is 1600.